The van der Waals surface area contributed by atoms with E-state index in [9.17, 15) is 0 Å². The monoisotopic (exact) mass is 292 g/mol. The fourth-order valence-electron chi connectivity index (χ4n) is 4.32. The number of rotatable bonds is 1. The average molecular weight is 292 g/mol. The summed E-state index contributed by atoms with van der Waals surface area (Å²) in [7, 11) is 2.25. The summed E-state index contributed by atoms with van der Waals surface area (Å²) in [6.45, 7) is 8.15. The van der Waals surface area contributed by atoms with E-state index in [1.807, 2.05) is 0 Å². The molecule has 0 radical (unpaired) electrons. The molecule has 3 aromatic rings. The molecule has 0 saturated heterocycles. The molecule has 114 valence electrons. The van der Waals surface area contributed by atoms with Crippen molar-refractivity contribution in [1.82, 2.24) is 4.98 Å². The molecule has 0 unspecified atom stereocenters. The van der Waals surface area contributed by atoms with Gasteiger partial charge in [0, 0.05) is 41.1 Å². The largest absolute Gasteiger partial charge is 0.374 e. The van der Waals surface area contributed by atoms with Crippen LogP contribution < -0.4 is 4.90 Å². The molecule has 2 aromatic carbocycles. The van der Waals surface area contributed by atoms with E-state index in [0.29, 0.717) is 5.41 Å². The van der Waals surface area contributed by atoms with Crippen LogP contribution in [0.15, 0.2) is 30.3 Å². The molecule has 0 fully saturated rings. The van der Waals surface area contributed by atoms with Gasteiger partial charge in [-0.2, -0.15) is 0 Å². The van der Waals surface area contributed by atoms with Crippen molar-refractivity contribution in [3.8, 4) is 0 Å². The Hall–Kier alpha value is -1.96. The van der Waals surface area contributed by atoms with E-state index in [4.69, 9.17) is 0 Å². The fraction of sp³-hybridized carbons (Fsp3) is 0.400. The highest BCUT2D eigenvalue weighted by Gasteiger charge is 2.32. The van der Waals surface area contributed by atoms with Gasteiger partial charge in [0.2, 0.25) is 0 Å². The maximum absolute atomic E-state index is 3.63. The molecule has 2 heterocycles. The topological polar surface area (TPSA) is 19.0 Å². The quantitative estimate of drug-likeness (QED) is 0.675. The molecule has 0 spiro atoms. The molecule has 1 aromatic heterocycles. The second kappa shape index (κ2) is 4.52. The predicted octanol–water partition coefficient (Wildman–Crippen LogP) is 4.90. The third-order valence-electron chi connectivity index (χ3n) is 5.03. The van der Waals surface area contributed by atoms with Crippen molar-refractivity contribution in [2.75, 3.05) is 18.5 Å². The van der Waals surface area contributed by atoms with Crippen molar-refractivity contribution in [2.45, 2.75) is 33.6 Å². The molecule has 1 aliphatic rings. The Morgan fingerprint density at radius 1 is 1.18 bits per heavy atom. The van der Waals surface area contributed by atoms with Crippen LogP contribution in [0.2, 0.25) is 0 Å². The number of nitrogens with zero attached hydrogens (tertiary/aromatic N) is 1. The van der Waals surface area contributed by atoms with Gasteiger partial charge in [0.25, 0.3) is 0 Å². The van der Waals surface area contributed by atoms with Crippen LogP contribution in [-0.4, -0.2) is 18.6 Å². The number of benzene rings is 2. The van der Waals surface area contributed by atoms with Crippen molar-refractivity contribution >= 4 is 27.5 Å². The van der Waals surface area contributed by atoms with E-state index in [1.54, 1.807) is 0 Å². The van der Waals surface area contributed by atoms with E-state index >= 15 is 0 Å². The number of aromatic nitrogens is 1. The molecule has 22 heavy (non-hydrogen) atoms. The normalized spacial score (nSPS) is 17.2. The zero-order valence-corrected chi connectivity index (χ0v) is 14.0. The van der Waals surface area contributed by atoms with Crippen LogP contribution >= 0.6 is 0 Å². The zero-order valence-electron chi connectivity index (χ0n) is 14.0. The van der Waals surface area contributed by atoms with E-state index in [-0.39, 0.29) is 0 Å². The molecule has 4 rings (SSSR count). The van der Waals surface area contributed by atoms with Gasteiger partial charge in [-0.15, -0.1) is 0 Å². The van der Waals surface area contributed by atoms with Gasteiger partial charge in [-0.05, 0) is 41.5 Å². The van der Waals surface area contributed by atoms with E-state index in [1.165, 1.54) is 38.6 Å². The highest BCUT2D eigenvalue weighted by Crippen LogP contribution is 2.44. The molecule has 0 bridgehead atoms. The highest BCUT2D eigenvalue weighted by atomic mass is 15.1. The van der Waals surface area contributed by atoms with Crippen LogP contribution in [0.1, 0.15) is 31.9 Å². The Morgan fingerprint density at radius 3 is 2.73 bits per heavy atom. The van der Waals surface area contributed by atoms with Gasteiger partial charge in [-0.1, -0.05) is 39.0 Å². The number of hydrogen-bond acceptors (Lipinski definition) is 1. The summed E-state index contributed by atoms with van der Waals surface area (Å²) in [6, 6.07) is 11.1. The van der Waals surface area contributed by atoms with Crippen LogP contribution in [0, 0.1) is 5.41 Å². The highest BCUT2D eigenvalue weighted by molar-refractivity contribution is 6.11. The first-order valence-electron chi connectivity index (χ1n) is 8.26. The van der Waals surface area contributed by atoms with Crippen LogP contribution in [0.4, 0.5) is 5.69 Å². The van der Waals surface area contributed by atoms with Gasteiger partial charge in [-0.25, -0.2) is 0 Å². The standard InChI is InChI=1S/C20H24N2/c1-5-13-10-17-18(14-8-6-7-9-16(14)21-17)15-11-20(2,3)12-22(4)19(13)15/h6-10,21H,5,11-12H2,1-4H3. The number of aromatic amines is 1. The minimum atomic E-state index is 0.319. The molecule has 0 aliphatic carbocycles. The smallest absolute Gasteiger partial charge is 0.0471 e. The summed E-state index contributed by atoms with van der Waals surface area (Å²) >= 11 is 0. The van der Waals surface area contributed by atoms with Gasteiger partial charge in [0.05, 0.1) is 0 Å². The summed E-state index contributed by atoms with van der Waals surface area (Å²) in [4.78, 5) is 6.10. The van der Waals surface area contributed by atoms with Crippen molar-refractivity contribution in [3.05, 3.63) is 41.5 Å². The number of nitrogens with one attached hydrogen (secondary N) is 1. The SMILES string of the molecule is CCc1cc2[nH]c3ccccc3c2c2c1N(C)CC(C)(C)C2. The van der Waals surface area contributed by atoms with Gasteiger partial charge in [0.15, 0.2) is 0 Å². The molecule has 1 aliphatic heterocycles. The number of anilines is 1. The Bertz CT molecular complexity index is 870. The van der Waals surface area contributed by atoms with Crippen molar-refractivity contribution < 1.29 is 0 Å². The lowest BCUT2D eigenvalue weighted by atomic mass is 9.78. The molecule has 0 amide bonds. The third-order valence-corrected chi connectivity index (χ3v) is 5.03. The maximum atomic E-state index is 3.63. The Balaban J connectivity index is 2.16. The first-order valence-corrected chi connectivity index (χ1v) is 8.26. The predicted molar refractivity (Wildman–Crippen MR) is 95.9 cm³/mol. The van der Waals surface area contributed by atoms with Gasteiger partial charge < -0.3 is 9.88 Å². The first kappa shape index (κ1) is 13.7. The zero-order chi connectivity index (χ0) is 15.5. The average Bonchev–Trinajstić information content (AvgIpc) is 2.83. The van der Waals surface area contributed by atoms with Crippen molar-refractivity contribution in [2.24, 2.45) is 5.41 Å². The number of H-pyrrole nitrogens is 1. The van der Waals surface area contributed by atoms with Crippen LogP contribution in [-0.2, 0) is 12.8 Å². The van der Waals surface area contributed by atoms with E-state index < -0.39 is 0 Å². The van der Waals surface area contributed by atoms with Crippen molar-refractivity contribution in [3.63, 3.8) is 0 Å². The summed E-state index contributed by atoms with van der Waals surface area (Å²) in [5.74, 6) is 0. The summed E-state index contributed by atoms with van der Waals surface area (Å²) in [6.07, 6.45) is 2.23. The lowest BCUT2D eigenvalue weighted by molar-refractivity contribution is 0.357. The number of hydrogen-bond donors (Lipinski definition) is 1. The summed E-state index contributed by atoms with van der Waals surface area (Å²) in [5.41, 5.74) is 7.33. The van der Waals surface area contributed by atoms with Crippen LogP contribution in [0.3, 0.4) is 0 Å². The second-order valence-electron chi connectivity index (χ2n) is 7.51. The van der Waals surface area contributed by atoms with Gasteiger partial charge >= 0.3 is 0 Å². The number of aryl methyl sites for hydroxylation is 1. The Labute approximate surface area is 132 Å². The van der Waals surface area contributed by atoms with E-state index in [0.717, 1.165) is 19.4 Å². The molecular formula is C20H24N2. The lowest BCUT2D eigenvalue weighted by Gasteiger charge is -2.40. The lowest BCUT2D eigenvalue weighted by Crippen LogP contribution is -2.38. The summed E-state index contributed by atoms with van der Waals surface area (Å²) in [5, 5.41) is 2.80. The molecular weight excluding hydrogens is 268 g/mol. The maximum Gasteiger partial charge on any atom is 0.0471 e. The van der Waals surface area contributed by atoms with Crippen molar-refractivity contribution in [1.29, 1.82) is 0 Å². The summed E-state index contributed by atoms with van der Waals surface area (Å²) < 4.78 is 0. The molecule has 0 atom stereocenters. The fourth-order valence-corrected chi connectivity index (χ4v) is 4.32. The van der Waals surface area contributed by atoms with Crippen LogP contribution in [0.25, 0.3) is 21.8 Å². The Kier molecular flexibility index (Phi) is 2.81. The first-order chi connectivity index (χ1) is 10.5. The minimum Gasteiger partial charge on any atom is -0.374 e. The molecule has 1 N–H and O–H groups in total. The van der Waals surface area contributed by atoms with Gasteiger partial charge in [0.1, 0.15) is 0 Å². The van der Waals surface area contributed by atoms with E-state index in [2.05, 4.69) is 68.0 Å². The molecule has 0 saturated carbocycles. The number of fused-ring (bicyclic) bond motifs is 5. The Morgan fingerprint density at radius 2 is 1.95 bits per heavy atom. The number of para-hydroxylation sites is 1. The molecule has 2 nitrogen and oxygen atoms in total. The minimum absolute atomic E-state index is 0.319. The third kappa shape index (κ3) is 1.86. The van der Waals surface area contributed by atoms with Gasteiger partial charge in [-0.3, -0.25) is 0 Å². The van der Waals surface area contributed by atoms with Crippen LogP contribution in [0.5, 0.6) is 0 Å². The second-order valence-corrected chi connectivity index (χ2v) is 7.51. The molecule has 2 heteroatoms.